The number of halogens is 3. The topological polar surface area (TPSA) is 47.6 Å². The molecule has 0 unspecified atom stereocenters. The highest BCUT2D eigenvalue weighted by molar-refractivity contribution is 6.05. The molecule has 1 N–H and O–H groups in total. The first-order valence-electron chi connectivity index (χ1n) is 7.63. The number of amides is 1. The maximum Gasteiger partial charge on any atom is 0.573 e. The third-order valence-corrected chi connectivity index (χ3v) is 3.04. The molecule has 25 heavy (non-hydrogen) atoms. The van der Waals surface area contributed by atoms with Crippen molar-refractivity contribution in [2.45, 2.75) is 20.2 Å². The van der Waals surface area contributed by atoms with Gasteiger partial charge in [-0.15, -0.1) is 13.2 Å². The van der Waals surface area contributed by atoms with E-state index in [0.717, 1.165) is 6.07 Å². The van der Waals surface area contributed by atoms with Crippen molar-refractivity contribution in [1.29, 1.82) is 0 Å². The molecular weight excluding hydrogens is 335 g/mol. The van der Waals surface area contributed by atoms with Crippen molar-refractivity contribution < 1.29 is 27.4 Å². The van der Waals surface area contributed by atoms with Gasteiger partial charge in [-0.05, 0) is 36.2 Å². The molecule has 0 atom stereocenters. The number of nitrogens with one attached hydrogen (secondary N) is 1. The number of hydrogen-bond acceptors (Lipinski definition) is 3. The smallest absolute Gasteiger partial charge is 0.493 e. The second-order valence-corrected chi connectivity index (χ2v) is 5.73. The number of rotatable bonds is 6. The van der Waals surface area contributed by atoms with Crippen LogP contribution in [0.4, 0.5) is 18.9 Å². The Morgan fingerprint density at radius 3 is 2.52 bits per heavy atom. The number of hydrogen-bond donors (Lipinski definition) is 1. The van der Waals surface area contributed by atoms with Gasteiger partial charge in [-0.3, -0.25) is 4.79 Å². The van der Waals surface area contributed by atoms with Gasteiger partial charge in [0.25, 0.3) is 5.91 Å². The Bertz CT molecular complexity index is 730. The second-order valence-electron chi connectivity index (χ2n) is 5.73. The summed E-state index contributed by atoms with van der Waals surface area (Å²) in [6, 6.07) is 11.8. The fourth-order valence-electron chi connectivity index (χ4n) is 1.97. The summed E-state index contributed by atoms with van der Waals surface area (Å²) in [5.74, 6) is -0.200. The predicted octanol–water partition coefficient (Wildman–Crippen LogP) is 4.87. The second kappa shape index (κ2) is 7.92. The van der Waals surface area contributed by atoms with Crippen LogP contribution in [0, 0.1) is 5.92 Å². The Morgan fingerprint density at radius 2 is 1.84 bits per heavy atom. The fraction of sp³-hybridized carbons (Fsp3) is 0.278. The Morgan fingerprint density at radius 1 is 1.12 bits per heavy atom. The average molecular weight is 353 g/mol. The van der Waals surface area contributed by atoms with E-state index < -0.39 is 18.0 Å². The van der Waals surface area contributed by atoms with Crippen LogP contribution in [0.15, 0.2) is 48.5 Å². The summed E-state index contributed by atoms with van der Waals surface area (Å²) >= 11 is 0. The first-order chi connectivity index (χ1) is 11.7. The van der Waals surface area contributed by atoms with Gasteiger partial charge in [-0.2, -0.15) is 0 Å². The molecule has 134 valence electrons. The van der Waals surface area contributed by atoms with Gasteiger partial charge in [0.15, 0.2) is 5.75 Å². The van der Waals surface area contributed by atoms with Crippen LogP contribution in [-0.4, -0.2) is 18.9 Å². The zero-order valence-electron chi connectivity index (χ0n) is 13.8. The predicted molar refractivity (Wildman–Crippen MR) is 87.9 cm³/mol. The Hall–Kier alpha value is -2.70. The number of alkyl halides is 3. The normalized spacial score (nSPS) is 11.3. The molecule has 0 fully saturated rings. The summed E-state index contributed by atoms with van der Waals surface area (Å²) in [5.41, 5.74) is 0.196. The molecule has 0 saturated carbocycles. The minimum atomic E-state index is -4.84. The molecule has 0 aromatic heterocycles. The summed E-state index contributed by atoms with van der Waals surface area (Å²) in [6.45, 7) is 4.48. The van der Waals surface area contributed by atoms with Crippen LogP contribution in [-0.2, 0) is 0 Å². The van der Waals surface area contributed by atoms with Crippen molar-refractivity contribution in [3.63, 3.8) is 0 Å². The Kier molecular flexibility index (Phi) is 5.90. The van der Waals surface area contributed by atoms with Crippen LogP contribution in [0.2, 0.25) is 0 Å². The summed E-state index contributed by atoms with van der Waals surface area (Å²) in [4.78, 5) is 12.3. The van der Waals surface area contributed by atoms with Crippen LogP contribution in [0.5, 0.6) is 11.5 Å². The minimum Gasteiger partial charge on any atom is -0.493 e. The average Bonchev–Trinajstić information content (AvgIpc) is 2.53. The Balaban J connectivity index is 2.14. The van der Waals surface area contributed by atoms with Gasteiger partial charge in [0.05, 0.1) is 12.3 Å². The third-order valence-electron chi connectivity index (χ3n) is 3.04. The van der Waals surface area contributed by atoms with Gasteiger partial charge in [-0.1, -0.05) is 32.0 Å². The van der Waals surface area contributed by atoms with E-state index in [1.54, 1.807) is 18.2 Å². The van der Waals surface area contributed by atoms with Crippen molar-refractivity contribution in [3.05, 3.63) is 54.1 Å². The molecule has 7 heteroatoms. The molecule has 0 radical (unpaired) electrons. The number of para-hydroxylation sites is 2. The van der Waals surface area contributed by atoms with Gasteiger partial charge in [0.2, 0.25) is 0 Å². The lowest BCUT2D eigenvalue weighted by atomic mass is 10.2. The molecule has 0 saturated heterocycles. The molecule has 4 nitrogen and oxygen atoms in total. The molecular formula is C18H18F3NO3. The van der Waals surface area contributed by atoms with Crippen molar-refractivity contribution in [2.75, 3.05) is 11.9 Å². The van der Waals surface area contributed by atoms with Crippen LogP contribution in [0.3, 0.4) is 0 Å². The number of carbonyl (C=O) groups is 1. The zero-order valence-corrected chi connectivity index (χ0v) is 13.8. The van der Waals surface area contributed by atoms with Gasteiger partial charge in [0.1, 0.15) is 5.75 Å². The van der Waals surface area contributed by atoms with E-state index in [-0.39, 0.29) is 11.3 Å². The summed E-state index contributed by atoms with van der Waals surface area (Å²) < 4.78 is 46.8. The fourth-order valence-corrected chi connectivity index (χ4v) is 1.97. The monoisotopic (exact) mass is 353 g/mol. The summed E-state index contributed by atoms with van der Waals surface area (Å²) in [7, 11) is 0. The van der Waals surface area contributed by atoms with Gasteiger partial charge < -0.3 is 14.8 Å². The lowest BCUT2D eigenvalue weighted by Crippen LogP contribution is -2.19. The SMILES string of the molecule is CC(C)COc1cccc(C(=O)Nc2ccccc2OC(F)(F)F)c1. The van der Waals surface area contributed by atoms with E-state index in [9.17, 15) is 18.0 Å². The minimum absolute atomic E-state index is 0.0710. The highest BCUT2D eigenvalue weighted by atomic mass is 19.4. The number of carbonyl (C=O) groups excluding carboxylic acids is 1. The summed E-state index contributed by atoms with van der Waals surface area (Å²) in [5, 5.41) is 2.42. The van der Waals surface area contributed by atoms with E-state index >= 15 is 0 Å². The maximum absolute atomic E-state index is 12.4. The Labute approximate surface area is 143 Å². The van der Waals surface area contributed by atoms with Gasteiger partial charge >= 0.3 is 6.36 Å². The van der Waals surface area contributed by atoms with E-state index in [2.05, 4.69) is 10.1 Å². The van der Waals surface area contributed by atoms with Crippen molar-refractivity contribution in [2.24, 2.45) is 5.92 Å². The zero-order chi connectivity index (χ0) is 18.4. The van der Waals surface area contributed by atoms with E-state index in [4.69, 9.17) is 4.74 Å². The first-order valence-corrected chi connectivity index (χ1v) is 7.63. The maximum atomic E-state index is 12.4. The molecule has 2 aromatic carbocycles. The van der Waals surface area contributed by atoms with E-state index in [1.807, 2.05) is 13.8 Å². The number of ether oxygens (including phenoxy) is 2. The number of anilines is 1. The lowest BCUT2D eigenvalue weighted by molar-refractivity contribution is -0.274. The first kappa shape index (κ1) is 18.6. The van der Waals surface area contributed by atoms with Crippen LogP contribution in [0.25, 0.3) is 0 Å². The van der Waals surface area contributed by atoms with Gasteiger partial charge in [-0.25, -0.2) is 0 Å². The van der Waals surface area contributed by atoms with E-state index in [1.165, 1.54) is 24.3 Å². The standard InChI is InChI=1S/C18H18F3NO3/c1-12(2)11-24-14-7-5-6-13(10-14)17(23)22-15-8-3-4-9-16(15)25-18(19,20)21/h3-10,12H,11H2,1-2H3,(H,22,23). The quantitative estimate of drug-likeness (QED) is 0.806. The van der Waals surface area contributed by atoms with E-state index in [0.29, 0.717) is 18.3 Å². The van der Waals surface area contributed by atoms with Crippen molar-refractivity contribution in [3.8, 4) is 11.5 Å². The lowest BCUT2D eigenvalue weighted by Gasteiger charge is -2.14. The number of benzene rings is 2. The molecule has 0 aliphatic rings. The molecule has 2 rings (SSSR count). The molecule has 1 amide bonds. The summed E-state index contributed by atoms with van der Waals surface area (Å²) in [6.07, 6.45) is -4.84. The van der Waals surface area contributed by atoms with Crippen molar-refractivity contribution >= 4 is 11.6 Å². The molecule has 2 aromatic rings. The van der Waals surface area contributed by atoms with Crippen LogP contribution >= 0.6 is 0 Å². The van der Waals surface area contributed by atoms with Gasteiger partial charge in [0, 0.05) is 5.56 Å². The molecule has 0 heterocycles. The molecule has 0 bridgehead atoms. The third kappa shape index (κ3) is 6.02. The highest BCUT2D eigenvalue weighted by Gasteiger charge is 2.32. The van der Waals surface area contributed by atoms with Crippen molar-refractivity contribution in [1.82, 2.24) is 0 Å². The largest absolute Gasteiger partial charge is 0.573 e. The highest BCUT2D eigenvalue weighted by Crippen LogP contribution is 2.30. The molecule has 0 aliphatic heterocycles. The van der Waals surface area contributed by atoms with Crippen LogP contribution < -0.4 is 14.8 Å². The van der Waals surface area contributed by atoms with Crippen LogP contribution in [0.1, 0.15) is 24.2 Å². The molecule has 0 aliphatic carbocycles. The molecule has 0 spiro atoms.